The van der Waals surface area contributed by atoms with Crippen molar-refractivity contribution >= 4 is 17.0 Å². The second kappa shape index (κ2) is 8.42. The van der Waals surface area contributed by atoms with Crippen LogP contribution in [0.3, 0.4) is 0 Å². The maximum atomic E-state index is 13.5. The molecule has 5 aromatic rings. The minimum Gasteiger partial charge on any atom is -0.367 e. The number of halogens is 1. The molecule has 1 aliphatic carbocycles. The van der Waals surface area contributed by atoms with Gasteiger partial charge in [-0.15, -0.1) is 0 Å². The Morgan fingerprint density at radius 3 is 2.69 bits per heavy atom. The molecule has 5 aromatic heterocycles. The molecular weight excluding hydrogens is 443 g/mol. The van der Waals surface area contributed by atoms with Gasteiger partial charge in [-0.3, -0.25) is 0 Å². The summed E-state index contributed by atoms with van der Waals surface area (Å²) in [6, 6.07) is 13.4. The molecule has 0 unspecified atom stereocenters. The van der Waals surface area contributed by atoms with Crippen LogP contribution in [-0.4, -0.2) is 48.3 Å². The molecule has 0 bridgehead atoms. The van der Waals surface area contributed by atoms with E-state index in [2.05, 4.69) is 20.7 Å². The minimum atomic E-state index is -0.335. The highest BCUT2D eigenvalue weighted by Gasteiger charge is 2.48. The summed E-state index contributed by atoms with van der Waals surface area (Å²) < 4.78 is 16.9. The highest BCUT2D eigenvalue weighted by Crippen LogP contribution is 2.45. The van der Waals surface area contributed by atoms with Gasteiger partial charge >= 0.3 is 0 Å². The Bertz CT molecular complexity index is 1510. The summed E-state index contributed by atoms with van der Waals surface area (Å²) >= 11 is 0. The van der Waals surface area contributed by atoms with E-state index in [1.165, 1.54) is 29.6 Å². The van der Waals surface area contributed by atoms with Crippen LogP contribution in [0.1, 0.15) is 26.7 Å². The number of hydrogen-bond acceptors (Lipinski definition) is 6. The lowest BCUT2D eigenvalue weighted by Crippen LogP contribution is -2.63. The van der Waals surface area contributed by atoms with Crippen LogP contribution in [0.5, 0.6) is 0 Å². The summed E-state index contributed by atoms with van der Waals surface area (Å²) in [7, 11) is 0. The van der Waals surface area contributed by atoms with E-state index in [9.17, 15) is 4.39 Å². The maximum Gasteiger partial charge on any atom is 0.154 e. The van der Waals surface area contributed by atoms with Crippen LogP contribution in [0.2, 0.25) is 0 Å². The zero-order valence-electron chi connectivity index (χ0n) is 19.7. The van der Waals surface area contributed by atoms with Gasteiger partial charge in [-0.25, -0.2) is 23.4 Å². The number of nitrogens with zero attached hydrogens (tertiary/aromatic N) is 6. The molecule has 1 saturated heterocycles. The van der Waals surface area contributed by atoms with Crippen LogP contribution in [0, 0.1) is 11.2 Å². The van der Waals surface area contributed by atoms with Crippen molar-refractivity contribution in [1.29, 1.82) is 0 Å². The van der Waals surface area contributed by atoms with E-state index in [4.69, 9.17) is 10.1 Å². The van der Waals surface area contributed by atoms with E-state index in [0.29, 0.717) is 11.5 Å². The quantitative estimate of drug-likeness (QED) is 0.404. The lowest BCUT2D eigenvalue weighted by molar-refractivity contribution is 0.0469. The Morgan fingerprint density at radius 2 is 1.89 bits per heavy atom. The van der Waals surface area contributed by atoms with Crippen molar-refractivity contribution in [2.24, 2.45) is 5.41 Å². The summed E-state index contributed by atoms with van der Waals surface area (Å²) in [6.45, 7) is 6.27. The van der Waals surface area contributed by atoms with Crippen LogP contribution >= 0.6 is 0 Å². The van der Waals surface area contributed by atoms with Crippen LogP contribution in [0.15, 0.2) is 61.1 Å². The fraction of sp³-hybridized carbons (Fsp3) is 0.308. The lowest BCUT2D eigenvalue weighted by Gasteiger charge is -2.54. The molecule has 0 amide bonds. The monoisotopic (exact) mass is 470 g/mol. The molecule has 8 nitrogen and oxygen atoms in total. The first kappa shape index (κ1) is 21.7. The van der Waals surface area contributed by atoms with Gasteiger partial charge in [0.1, 0.15) is 17.3 Å². The molecule has 2 fully saturated rings. The average molecular weight is 471 g/mol. The second-order valence-corrected chi connectivity index (χ2v) is 9.13. The van der Waals surface area contributed by atoms with E-state index in [1.807, 2.05) is 44.2 Å². The molecule has 35 heavy (non-hydrogen) atoms. The SMILES string of the molecule is CC.Fc1ccc2c(-c3ccc4ncc(-c5cccc(NC6CC7(CNC7)C6)n5)n4n3)cnn2c1. The normalized spacial score (nSPS) is 16.5. The van der Waals surface area contributed by atoms with Gasteiger partial charge in [-0.2, -0.15) is 10.2 Å². The number of rotatable bonds is 4. The molecule has 1 spiro atoms. The summed E-state index contributed by atoms with van der Waals surface area (Å²) in [6.07, 6.45) is 7.23. The zero-order chi connectivity index (χ0) is 24.0. The number of fused-ring (bicyclic) bond motifs is 2. The number of hydrogen-bond donors (Lipinski definition) is 2. The molecule has 6 heterocycles. The van der Waals surface area contributed by atoms with Crippen molar-refractivity contribution in [3.05, 3.63) is 66.9 Å². The van der Waals surface area contributed by atoms with Crippen molar-refractivity contribution < 1.29 is 4.39 Å². The molecule has 2 N–H and O–H groups in total. The van der Waals surface area contributed by atoms with E-state index >= 15 is 0 Å². The average Bonchev–Trinajstić information content (AvgIpc) is 3.45. The lowest BCUT2D eigenvalue weighted by atomic mass is 9.62. The largest absolute Gasteiger partial charge is 0.367 e. The van der Waals surface area contributed by atoms with Gasteiger partial charge in [0.2, 0.25) is 0 Å². The maximum absolute atomic E-state index is 13.5. The molecular formula is C26H27FN8. The van der Waals surface area contributed by atoms with Crippen LogP contribution in [0.25, 0.3) is 33.8 Å². The number of imidazole rings is 1. The minimum absolute atomic E-state index is 0.335. The van der Waals surface area contributed by atoms with Gasteiger partial charge in [0.15, 0.2) is 5.65 Å². The standard InChI is InChI=1S/C24H21FN8.C2H6/c25-15-4-6-20-17(10-28-32(20)12-15)18-5-7-23-27-11-21(33(23)31-18)19-2-1-3-22(30-19)29-16-8-24(9-16)13-26-14-24;1-2/h1-7,10-12,16,26H,8-9,13-14H2,(H,29,30);1-2H3. The highest BCUT2D eigenvalue weighted by molar-refractivity contribution is 5.78. The third-order valence-corrected chi connectivity index (χ3v) is 6.84. The fourth-order valence-electron chi connectivity index (χ4n) is 5.07. The Morgan fingerprint density at radius 1 is 1.03 bits per heavy atom. The number of aromatic nitrogens is 6. The zero-order valence-corrected chi connectivity index (χ0v) is 19.7. The van der Waals surface area contributed by atoms with Crippen LogP contribution in [-0.2, 0) is 0 Å². The molecule has 9 heteroatoms. The molecule has 7 rings (SSSR count). The van der Waals surface area contributed by atoms with E-state index in [1.54, 1.807) is 23.0 Å². The Balaban J connectivity index is 0.00000112. The first-order valence-electron chi connectivity index (χ1n) is 12.1. The Labute approximate surface area is 202 Å². The first-order chi connectivity index (χ1) is 17.2. The van der Waals surface area contributed by atoms with Crippen molar-refractivity contribution in [3.8, 4) is 22.6 Å². The molecule has 0 radical (unpaired) electrons. The van der Waals surface area contributed by atoms with E-state index < -0.39 is 0 Å². The topological polar surface area (TPSA) is 84.4 Å². The third kappa shape index (κ3) is 3.72. The van der Waals surface area contributed by atoms with Gasteiger partial charge in [0.05, 0.1) is 35.5 Å². The van der Waals surface area contributed by atoms with Crippen molar-refractivity contribution in [3.63, 3.8) is 0 Å². The summed E-state index contributed by atoms with van der Waals surface area (Å²) in [4.78, 5) is 9.35. The molecule has 0 aromatic carbocycles. The molecule has 0 atom stereocenters. The van der Waals surface area contributed by atoms with Crippen LogP contribution in [0.4, 0.5) is 10.2 Å². The molecule has 178 valence electrons. The second-order valence-electron chi connectivity index (χ2n) is 9.13. The summed E-state index contributed by atoms with van der Waals surface area (Å²) in [5, 5.41) is 16.0. The van der Waals surface area contributed by atoms with Gasteiger partial charge in [-0.05, 0) is 54.7 Å². The van der Waals surface area contributed by atoms with Gasteiger partial charge in [0, 0.05) is 24.7 Å². The number of anilines is 1. The first-order valence-corrected chi connectivity index (χ1v) is 12.1. The van der Waals surface area contributed by atoms with Crippen LogP contribution < -0.4 is 10.6 Å². The molecule has 1 saturated carbocycles. The predicted molar refractivity (Wildman–Crippen MR) is 134 cm³/mol. The smallest absolute Gasteiger partial charge is 0.154 e. The number of pyridine rings is 2. The number of nitrogens with one attached hydrogen (secondary N) is 2. The van der Waals surface area contributed by atoms with Gasteiger partial charge in [0.25, 0.3) is 0 Å². The molecule has 2 aliphatic rings. The van der Waals surface area contributed by atoms with Crippen molar-refractivity contribution in [1.82, 2.24) is 34.5 Å². The summed E-state index contributed by atoms with van der Waals surface area (Å²) in [5.41, 5.74) is 5.20. The third-order valence-electron chi connectivity index (χ3n) is 6.84. The molecule has 1 aliphatic heterocycles. The highest BCUT2D eigenvalue weighted by atomic mass is 19.1. The van der Waals surface area contributed by atoms with Crippen molar-refractivity contribution in [2.75, 3.05) is 18.4 Å². The Hall–Kier alpha value is -3.85. The van der Waals surface area contributed by atoms with Crippen molar-refractivity contribution in [2.45, 2.75) is 32.7 Å². The summed E-state index contributed by atoms with van der Waals surface area (Å²) in [5.74, 6) is 0.536. The Kier molecular flexibility index (Phi) is 5.21. The van der Waals surface area contributed by atoms with E-state index in [-0.39, 0.29) is 5.82 Å². The fourth-order valence-corrected chi connectivity index (χ4v) is 5.07. The predicted octanol–water partition coefficient (Wildman–Crippen LogP) is 4.44. The van der Waals surface area contributed by atoms with Gasteiger partial charge in [-0.1, -0.05) is 19.9 Å². The van der Waals surface area contributed by atoms with E-state index in [0.717, 1.165) is 52.7 Å². The van der Waals surface area contributed by atoms with Gasteiger partial charge < -0.3 is 10.6 Å².